The maximum absolute atomic E-state index is 11.8. The third kappa shape index (κ3) is 6.24. The number of urea groups is 1. The van der Waals surface area contributed by atoms with E-state index in [1.54, 1.807) is 0 Å². The Bertz CT molecular complexity index is 238. The summed E-state index contributed by atoms with van der Waals surface area (Å²) in [6, 6.07) is 0.0604. The minimum Gasteiger partial charge on any atom is -0.381 e. The zero-order chi connectivity index (χ0) is 13.4. The Morgan fingerprint density at radius 1 is 1.39 bits per heavy atom. The molecule has 106 valence electrons. The van der Waals surface area contributed by atoms with Crippen LogP contribution in [-0.2, 0) is 4.74 Å². The van der Waals surface area contributed by atoms with Crippen molar-refractivity contribution in [2.24, 2.45) is 11.8 Å². The summed E-state index contributed by atoms with van der Waals surface area (Å²) in [5.41, 5.74) is 0. The minimum atomic E-state index is 0.0604. The summed E-state index contributed by atoms with van der Waals surface area (Å²) < 4.78 is 5.32. The van der Waals surface area contributed by atoms with Crippen molar-refractivity contribution < 1.29 is 9.53 Å². The van der Waals surface area contributed by atoms with Crippen molar-refractivity contribution in [1.29, 1.82) is 0 Å². The molecule has 4 heteroatoms. The highest BCUT2D eigenvalue weighted by Crippen LogP contribution is 2.15. The number of amides is 2. The number of rotatable bonds is 6. The smallest absolute Gasteiger partial charge is 0.317 e. The van der Waals surface area contributed by atoms with Crippen molar-refractivity contribution in [3.8, 4) is 0 Å². The molecule has 0 aromatic heterocycles. The summed E-state index contributed by atoms with van der Waals surface area (Å²) in [6.45, 7) is 7.73. The van der Waals surface area contributed by atoms with E-state index >= 15 is 0 Å². The Morgan fingerprint density at radius 3 is 2.67 bits per heavy atom. The van der Waals surface area contributed by atoms with Gasteiger partial charge in [0.05, 0.1) is 0 Å². The number of carbonyl (C=O) groups is 1. The molecule has 1 N–H and O–H groups in total. The standard InChI is InChI=1S/C14H28N2O2/c1-12(2)5-4-8-15-14(17)16(3)11-13-6-9-18-10-7-13/h12-13H,4-11H2,1-3H3,(H,15,17). The van der Waals surface area contributed by atoms with Crippen molar-refractivity contribution in [3.05, 3.63) is 0 Å². The lowest BCUT2D eigenvalue weighted by Gasteiger charge is -2.27. The lowest BCUT2D eigenvalue weighted by Crippen LogP contribution is -2.41. The van der Waals surface area contributed by atoms with Crippen LogP contribution in [0.15, 0.2) is 0 Å². The van der Waals surface area contributed by atoms with Crippen LogP contribution in [0.4, 0.5) is 4.79 Å². The molecular formula is C14H28N2O2. The first-order valence-corrected chi connectivity index (χ1v) is 7.16. The van der Waals surface area contributed by atoms with Crippen LogP contribution in [0.3, 0.4) is 0 Å². The molecule has 0 saturated carbocycles. The van der Waals surface area contributed by atoms with E-state index in [1.807, 2.05) is 11.9 Å². The summed E-state index contributed by atoms with van der Waals surface area (Å²) in [5, 5.41) is 2.98. The lowest BCUT2D eigenvalue weighted by atomic mass is 10.00. The maximum Gasteiger partial charge on any atom is 0.317 e. The van der Waals surface area contributed by atoms with Crippen molar-refractivity contribution >= 4 is 6.03 Å². The van der Waals surface area contributed by atoms with Crippen LogP contribution in [0.1, 0.15) is 39.5 Å². The average Bonchev–Trinajstić information content (AvgIpc) is 2.35. The summed E-state index contributed by atoms with van der Waals surface area (Å²) in [4.78, 5) is 13.7. The Morgan fingerprint density at radius 2 is 2.06 bits per heavy atom. The fourth-order valence-electron chi connectivity index (χ4n) is 2.24. The molecule has 0 aromatic rings. The number of ether oxygens (including phenoxy) is 1. The molecule has 0 radical (unpaired) electrons. The number of nitrogens with zero attached hydrogens (tertiary/aromatic N) is 1. The molecule has 0 unspecified atom stereocenters. The SMILES string of the molecule is CC(C)CCCNC(=O)N(C)CC1CCOCC1. The summed E-state index contributed by atoms with van der Waals surface area (Å²) >= 11 is 0. The van der Waals surface area contributed by atoms with Crippen molar-refractivity contribution in [2.75, 3.05) is 33.4 Å². The molecule has 4 nitrogen and oxygen atoms in total. The first-order valence-electron chi connectivity index (χ1n) is 7.16. The Kier molecular flexibility index (Phi) is 7.09. The lowest BCUT2D eigenvalue weighted by molar-refractivity contribution is 0.0586. The normalized spacial score (nSPS) is 16.9. The number of nitrogens with one attached hydrogen (secondary N) is 1. The third-order valence-corrected chi connectivity index (χ3v) is 3.45. The molecule has 0 aromatic carbocycles. The van der Waals surface area contributed by atoms with Gasteiger partial charge in [0.1, 0.15) is 0 Å². The highest BCUT2D eigenvalue weighted by molar-refractivity contribution is 5.73. The molecule has 1 aliphatic rings. The van der Waals surface area contributed by atoms with E-state index in [2.05, 4.69) is 19.2 Å². The molecule has 18 heavy (non-hydrogen) atoms. The van der Waals surface area contributed by atoms with Gasteiger partial charge in [0.2, 0.25) is 0 Å². The second-order valence-electron chi connectivity index (χ2n) is 5.70. The van der Waals surface area contributed by atoms with Crippen LogP contribution in [0.5, 0.6) is 0 Å². The largest absolute Gasteiger partial charge is 0.381 e. The van der Waals surface area contributed by atoms with Crippen molar-refractivity contribution in [3.63, 3.8) is 0 Å². The van der Waals surface area contributed by atoms with Gasteiger partial charge in [-0.05, 0) is 37.5 Å². The van der Waals surface area contributed by atoms with Gasteiger partial charge in [-0.3, -0.25) is 0 Å². The van der Waals surface area contributed by atoms with Gasteiger partial charge < -0.3 is 15.0 Å². The molecule has 0 spiro atoms. The van der Waals surface area contributed by atoms with Crippen LogP contribution < -0.4 is 5.32 Å². The van der Waals surface area contributed by atoms with Crippen LogP contribution in [0.25, 0.3) is 0 Å². The van der Waals surface area contributed by atoms with E-state index < -0.39 is 0 Å². The van der Waals surface area contributed by atoms with E-state index in [1.165, 1.54) is 6.42 Å². The van der Waals surface area contributed by atoms with Gasteiger partial charge in [-0.25, -0.2) is 4.79 Å². The first kappa shape index (κ1) is 15.3. The van der Waals surface area contributed by atoms with Gasteiger partial charge >= 0.3 is 6.03 Å². The number of carbonyl (C=O) groups excluding carboxylic acids is 1. The molecule has 0 atom stereocenters. The van der Waals surface area contributed by atoms with Crippen LogP contribution >= 0.6 is 0 Å². The van der Waals surface area contributed by atoms with Crippen LogP contribution in [0, 0.1) is 11.8 Å². The van der Waals surface area contributed by atoms with Gasteiger partial charge in [0, 0.05) is 33.4 Å². The quantitative estimate of drug-likeness (QED) is 0.742. The summed E-state index contributed by atoms with van der Waals surface area (Å²) in [7, 11) is 1.88. The third-order valence-electron chi connectivity index (χ3n) is 3.45. The molecular weight excluding hydrogens is 228 g/mol. The van der Waals surface area contributed by atoms with Crippen LogP contribution in [0.2, 0.25) is 0 Å². The summed E-state index contributed by atoms with van der Waals surface area (Å²) in [6.07, 6.45) is 4.38. The second-order valence-corrected chi connectivity index (χ2v) is 5.70. The molecule has 2 amide bonds. The highest BCUT2D eigenvalue weighted by Gasteiger charge is 2.18. The Balaban J connectivity index is 2.11. The number of hydrogen-bond donors (Lipinski definition) is 1. The molecule has 0 aliphatic carbocycles. The number of hydrogen-bond acceptors (Lipinski definition) is 2. The van der Waals surface area contributed by atoms with E-state index in [4.69, 9.17) is 4.74 Å². The highest BCUT2D eigenvalue weighted by atomic mass is 16.5. The molecule has 1 heterocycles. The zero-order valence-corrected chi connectivity index (χ0v) is 12.1. The Hall–Kier alpha value is -0.770. The molecule has 1 saturated heterocycles. The maximum atomic E-state index is 11.8. The molecule has 1 fully saturated rings. The fraction of sp³-hybridized carbons (Fsp3) is 0.929. The van der Waals surface area contributed by atoms with Gasteiger partial charge in [-0.15, -0.1) is 0 Å². The van der Waals surface area contributed by atoms with E-state index in [9.17, 15) is 4.79 Å². The Labute approximate surface area is 111 Å². The van der Waals surface area contributed by atoms with Gasteiger partial charge in [-0.1, -0.05) is 13.8 Å². The second kappa shape index (κ2) is 8.35. The van der Waals surface area contributed by atoms with Crippen LogP contribution in [-0.4, -0.2) is 44.3 Å². The van der Waals surface area contributed by atoms with E-state index in [0.29, 0.717) is 11.8 Å². The van der Waals surface area contributed by atoms with Gasteiger partial charge in [0.25, 0.3) is 0 Å². The van der Waals surface area contributed by atoms with Crippen molar-refractivity contribution in [2.45, 2.75) is 39.5 Å². The topological polar surface area (TPSA) is 41.6 Å². The average molecular weight is 256 g/mol. The van der Waals surface area contributed by atoms with Gasteiger partial charge in [-0.2, -0.15) is 0 Å². The van der Waals surface area contributed by atoms with E-state index in [-0.39, 0.29) is 6.03 Å². The monoisotopic (exact) mass is 256 g/mol. The molecule has 0 bridgehead atoms. The molecule has 1 aliphatic heterocycles. The predicted molar refractivity (Wildman–Crippen MR) is 73.6 cm³/mol. The van der Waals surface area contributed by atoms with Crippen molar-refractivity contribution in [1.82, 2.24) is 10.2 Å². The zero-order valence-electron chi connectivity index (χ0n) is 12.1. The van der Waals surface area contributed by atoms with E-state index in [0.717, 1.165) is 45.6 Å². The predicted octanol–water partition coefficient (Wildman–Crippen LogP) is 2.49. The first-order chi connectivity index (χ1) is 8.59. The molecule has 1 rings (SSSR count). The summed E-state index contributed by atoms with van der Waals surface area (Å²) in [5.74, 6) is 1.31. The fourth-order valence-corrected chi connectivity index (χ4v) is 2.24. The van der Waals surface area contributed by atoms with Gasteiger partial charge in [0.15, 0.2) is 0 Å². The minimum absolute atomic E-state index is 0.0604.